The van der Waals surface area contributed by atoms with Gasteiger partial charge in [-0.2, -0.15) is 0 Å². The Morgan fingerprint density at radius 3 is 2.00 bits per heavy atom. The predicted octanol–water partition coefficient (Wildman–Crippen LogP) is 3.98. The fourth-order valence-corrected chi connectivity index (χ4v) is 6.04. The highest BCUT2D eigenvalue weighted by molar-refractivity contribution is 7.92. The molecule has 3 aromatic carbocycles. The summed E-state index contributed by atoms with van der Waals surface area (Å²) >= 11 is 0. The third-order valence-corrected chi connectivity index (χ3v) is 8.11. The maximum absolute atomic E-state index is 13.3. The molecule has 0 atom stereocenters. The van der Waals surface area contributed by atoms with Crippen molar-refractivity contribution in [1.29, 1.82) is 0 Å². The fraction of sp³-hybridized carbons (Fsp3) is 0.143. The molecule has 0 radical (unpaired) electrons. The van der Waals surface area contributed by atoms with Crippen molar-refractivity contribution in [1.82, 2.24) is 0 Å². The van der Waals surface area contributed by atoms with Gasteiger partial charge in [-0.05, 0) is 61.4 Å². The number of hydrogen-bond donors (Lipinski definition) is 0. The summed E-state index contributed by atoms with van der Waals surface area (Å²) in [6.45, 7) is 3.50. The van der Waals surface area contributed by atoms with E-state index < -0.39 is 19.7 Å². The molecule has 28 heavy (non-hydrogen) atoms. The molecule has 0 unspecified atom stereocenters. The molecule has 5 nitrogen and oxygen atoms in total. The van der Waals surface area contributed by atoms with Crippen molar-refractivity contribution >= 4 is 19.7 Å². The molecule has 0 aliphatic rings. The standard InChI is InChI=1S/C21H20O5S2/c1-15-9-10-16(2)20(13-15)28(24,25)21-14-18(11-12-19(21)26-3)27(22,23)17-7-5-4-6-8-17/h4-14H,1-3H3. The minimum absolute atomic E-state index is 0.0907. The summed E-state index contributed by atoms with van der Waals surface area (Å²) in [4.78, 5) is -0.0700. The van der Waals surface area contributed by atoms with Crippen molar-refractivity contribution in [3.8, 4) is 5.75 Å². The Labute approximate surface area is 165 Å². The van der Waals surface area contributed by atoms with E-state index in [4.69, 9.17) is 4.74 Å². The van der Waals surface area contributed by atoms with E-state index >= 15 is 0 Å². The lowest BCUT2D eigenvalue weighted by Gasteiger charge is -2.14. The number of rotatable bonds is 5. The molecule has 0 heterocycles. The largest absolute Gasteiger partial charge is 0.495 e. The summed E-state index contributed by atoms with van der Waals surface area (Å²) in [5, 5.41) is 0. The number of benzene rings is 3. The Hall–Kier alpha value is -2.64. The first-order valence-electron chi connectivity index (χ1n) is 8.48. The summed E-state index contributed by atoms with van der Waals surface area (Å²) in [7, 11) is -6.51. The minimum Gasteiger partial charge on any atom is -0.495 e. The first kappa shape index (κ1) is 20.1. The van der Waals surface area contributed by atoms with Crippen LogP contribution in [0.4, 0.5) is 0 Å². The third-order valence-electron chi connectivity index (χ3n) is 4.42. The number of aryl methyl sites for hydroxylation is 2. The maximum Gasteiger partial charge on any atom is 0.210 e. The first-order valence-corrected chi connectivity index (χ1v) is 11.4. The average Bonchev–Trinajstić information content (AvgIpc) is 2.69. The van der Waals surface area contributed by atoms with Crippen LogP contribution < -0.4 is 4.74 Å². The third kappa shape index (κ3) is 3.55. The van der Waals surface area contributed by atoms with E-state index in [1.807, 2.05) is 6.07 Å². The molecule has 0 saturated carbocycles. The zero-order valence-corrected chi connectivity index (χ0v) is 17.3. The number of sulfone groups is 2. The molecule has 0 fully saturated rings. The van der Waals surface area contributed by atoms with Crippen molar-refractivity contribution in [2.24, 2.45) is 0 Å². The summed E-state index contributed by atoms with van der Waals surface area (Å²) in [5.74, 6) is 0.0907. The maximum atomic E-state index is 13.3. The smallest absolute Gasteiger partial charge is 0.210 e. The second-order valence-corrected chi connectivity index (χ2v) is 10.2. The molecular weight excluding hydrogens is 396 g/mol. The Morgan fingerprint density at radius 2 is 1.36 bits per heavy atom. The van der Waals surface area contributed by atoms with Gasteiger partial charge < -0.3 is 4.74 Å². The van der Waals surface area contributed by atoms with Crippen LogP contribution in [0.3, 0.4) is 0 Å². The molecule has 7 heteroatoms. The van der Waals surface area contributed by atoms with Crippen LogP contribution in [0, 0.1) is 13.8 Å². The number of methoxy groups -OCH3 is 1. The zero-order valence-electron chi connectivity index (χ0n) is 15.7. The number of hydrogen-bond acceptors (Lipinski definition) is 5. The summed E-state index contributed by atoms with van der Waals surface area (Å²) in [5.41, 5.74) is 1.36. The van der Waals surface area contributed by atoms with Crippen molar-refractivity contribution in [3.63, 3.8) is 0 Å². The van der Waals surface area contributed by atoms with Crippen LogP contribution in [0.1, 0.15) is 11.1 Å². The van der Waals surface area contributed by atoms with Crippen molar-refractivity contribution in [2.75, 3.05) is 7.11 Å². The van der Waals surface area contributed by atoms with Crippen molar-refractivity contribution in [3.05, 3.63) is 77.9 Å². The van der Waals surface area contributed by atoms with E-state index in [2.05, 4.69) is 0 Å². The highest BCUT2D eigenvalue weighted by Gasteiger charge is 2.27. The van der Waals surface area contributed by atoms with Crippen LogP contribution in [0.15, 0.2) is 86.3 Å². The van der Waals surface area contributed by atoms with E-state index in [9.17, 15) is 16.8 Å². The number of ether oxygens (including phenoxy) is 1. The normalized spacial score (nSPS) is 12.0. The highest BCUT2D eigenvalue weighted by Crippen LogP contribution is 2.34. The van der Waals surface area contributed by atoms with Gasteiger partial charge in [-0.3, -0.25) is 0 Å². The highest BCUT2D eigenvalue weighted by atomic mass is 32.2. The molecule has 0 N–H and O–H groups in total. The lowest BCUT2D eigenvalue weighted by atomic mass is 10.2. The van der Waals surface area contributed by atoms with Crippen molar-refractivity contribution < 1.29 is 21.6 Å². The zero-order chi connectivity index (χ0) is 20.5. The van der Waals surface area contributed by atoms with Gasteiger partial charge in [0.1, 0.15) is 10.6 Å². The van der Waals surface area contributed by atoms with E-state index in [0.717, 1.165) is 11.6 Å². The second-order valence-electron chi connectivity index (χ2n) is 6.40. The van der Waals surface area contributed by atoms with Gasteiger partial charge in [-0.25, -0.2) is 16.8 Å². The van der Waals surface area contributed by atoms with E-state index in [1.165, 1.54) is 31.4 Å². The minimum atomic E-state index is -3.99. The van der Waals surface area contributed by atoms with Gasteiger partial charge in [0, 0.05) is 0 Å². The van der Waals surface area contributed by atoms with E-state index in [1.54, 1.807) is 44.2 Å². The molecule has 3 aromatic rings. The lowest BCUT2D eigenvalue weighted by molar-refractivity contribution is 0.402. The van der Waals surface area contributed by atoms with Crippen LogP contribution >= 0.6 is 0 Å². The topological polar surface area (TPSA) is 77.5 Å². The fourth-order valence-electron chi connectivity index (χ4n) is 2.89. The Balaban J connectivity index is 2.24. The molecule has 0 saturated heterocycles. The first-order chi connectivity index (χ1) is 13.2. The van der Waals surface area contributed by atoms with E-state index in [-0.39, 0.29) is 25.3 Å². The molecule has 146 valence electrons. The van der Waals surface area contributed by atoms with Crippen molar-refractivity contribution in [2.45, 2.75) is 33.4 Å². The molecular formula is C21H20O5S2. The van der Waals surface area contributed by atoms with Crippen LogP contribution in [0.25, 0.3) is 0 Å². The van der Waals surface area contributed by atoms with Gasteiger partial charge in [-0.1, -0.05) is 30.3 Å². The Kier molecular flexibility index (Phi) is 5.32. The van der Waals surface area contributed by atoms with Gasteiger partial charge in [-0.15, -0.1) is 0 Å². The molecule has 0 amide bonds. The molecule has 0 aromatic heterocycles. The van der Waals surface area contributed by atoms with Crippen LogP contribution in [0.2, 0.25) is 0 Å². The Morgan fingerprint density at radius 1 is 0.679 bits per heavy atom. The molecule has 0 aliphatic heterocycles. The second kappa shape index (κ2) is 7.41. The van der Waals surface area contributed by atoms with Gasteiger partial charge in [0.25, 0.3) is 0 Å². The predicted molar refractivity (Wildman–Crippen MR) is 106 cm³/mol. The van der Waals surface area contributed by atoms with Gasteiger partial charge >= 0.3 is 0 Å². The Bertz CT molecular complexity index is 1230. The van der Waals surface area contributed by atoms with E-state index in [0.29, 0.717) is 5.56 Å². The SMILES string of the molecule is COc1ccc(S(=O)(=O)c2ccccc2)cc1S(=O)(=O)c1cc(C)ccc1C. The lowest BCUT2D eigenvalue weighted by Crippen LogP contribution is -2.09. The molecule has 0 aliphatic carbocycles. The van der Waals surface area contributed by atoms with Crippen LogP contribution in [0.5, 0.6) is 5.75 Å². The van der Waals surface area contributed by atoms with Gasteiger partial charge in [0.15, 0.2) is 0 Å². The molecule has 0 spiro atoms. The molecule has 0 bridgehead atoms. The van der Waals surface area contributed by atoms with Crippen LogP contribution in [-0.2, 0) is 19.7 Å². The summed E-state index contributed by atoms with van der Waals surface area (Å²) in [6.07, 6.45) is 0. The average molecular weight is 417 g/mol. The quantitative estimate of drug-likeness (QED) is 0.629. The molecule has 3 rings (SSSR count). The summed E-state index contributed by atoms with van der Waals surface area (Å²) < 4.78 is 57.7. The van der Waals surface area contributed by atoms with Gasteiger partial charge in [0.05, 0.1) is 21.8 Å². The van der Waals surface area contributed by atoms with Gasteiger partial charge in [0.2, 0.25) is 19.7 Å². The summed E-state index contributed by atoms with van der Waals surface area (Å²) in [6, 6.07) is 16.9. The monoisotopic (exact) mass is 416 g/mol. The van der Waals surface area contributed by atoms with Crippen LogP contribution in [-0.4, -0.2) is 23.9 Å².